The van der Waals surface area contributed by atoms with Crippen LogP contribution in [0.1, 0.15) is 79.1 Å². The number of nitrogens with two attached hydrogens (primary N) is 1. The van der Waals surface area contributed by atoms with Crippen molar-refractivity contribution in [1.29, 1.82) is 0 Å². The van der Waals surface area contributed by atoms with Gasteiger partial charge in [0.15, 0.2) is 0 Å². The number of hydrogen-bond acceptors (Lipinski definition) is 3. The summed E-state index contributed by atoms with van der Waals surface area (Å²) in [4.78, 5) is 15.9. The molecule has 0 radical (unpaired) electrons. The number of carbonyl (C=O) groups is 1. The Balaban J connectivity index is 1.88. The molecule has 1 saturated heterocycles. The average molecular weight is 408 g/mol. The van der Waals surface area contributed by atoms with Crippen molar-refractivity contribution in [2.75, 3.05) is 13.1 Å². The Kier molecular flexibility index (Phi) is 8.94. The van der Waals surface area contributed by atoms with E-state index in [2.05, 4.69) is 50.1 Å². The van der Waals surface area contributed by atoms with Crippen LogP contribution in [0.15, 0.2) is 12.2 Å². The number of amides is 1. The van der Waals surface area contributed by atoms with E-state index < -0.39 is 0 Å². The maximum atomic E-state index is 13.3. The molecular weight excluding hydrogens is 366 g/mol. The molecule has 3 N–H and O–H groups in total. The van der Waals surface area contributed by atoms with Crippen LogP contribution in [0.4, 0.5) is 0 Å². The van der Waals surface area contributed by atoms with Gasteiger partial charge in [-0.05, 0) is 49.4 Å². The summed E-state index contributed by atoms with van der Waals surface area (Å²) in [6, 6.07) is -0.00287. The van der Waals surface area contributed by atoms with E-state index in [4.69, 9.17) is 18.0 Å². The molecule has 0 spiro atoms. The molecule has 1 aliphatic heterocycles. The molecule has 2 atom stereocenters. The van der Waals surface area contributed by atoms with Crippen LogP contribution in [-0.2, 0) is 4.79 Å². The zero-order valence-corrected chi connectivity index (χ0v) is 19.2. The first-order valence-corrected chi connectivity index (χ1v) is 11.6. The lowest BCUT2D eigenvalue weighted by atomic mass is 9.72. The molecule has 0 aromatic carbocycles. The summed E-state index contributed by atoms with van der Waals surface area (Å²) in [5, 5.41) is 3.22. The quantitative estimate of drug-likeness (QED) is 0.438. The number of allylic oxidation sites excluding steroid dienone is 1. The van der Waals surface area contributed by atoms with Gasteiger partial charge >= 0.3 is 0 Å². The minimum Gasteiger partial charge on any atom is -0.367 e. The van der Waals surface area contributed by atoms with Crippen LogP contribution >= 0.6 is 12.2 Å². The van der Waals surface area contributed by atoms with E-state index in [0.717, 1.165) is 37.6 Å². The number of thiocarbonyl (C=S) groups is 1. The van der Waals surface area contributed by atoms with Crippen LogP contribution in [0.5, 0.6) is 0 Å². The van der Waals surface area contributed by atoms with Crippen molar-refractivity contribution < 1.29 is 4.79 Å². The molecule has 1 aliphatic carbocycles. The van der Waals surface area contributed by atoms with E-state index in [-0.39, 0.29) is 23.9 Å². The molecule has 1 unspecified atom stereocenters. The van der Waals surface area contributed by atoms with Gasteiger partial charge in [-0.3, -0.25) is 4.79 Å². The zero-order chi connectivity index (χ0) is 20.7. The average Bonchev–Trinajstić information content (AvgIpc) is 3.07. The van der Waals surface area contributed by atoms with Gasteiger partial charge in [0.2, 0.25) is 5.91 Å². The molecule has 1 heterocycles. The van der Waals surface area contributed by atoms with Gasteiger partial charge in [-0.15, -0.1) is 0 Å². The van der Waals surface area contributed by atoms with Gasteiger partial charge in [0, 0.05) is 19.1 Å². The topological polar surface area (TPSA) is 58.4 Å². The molecule has 0 bridgehead atoms. The van der Waals surface area contributed by atoms with Gasteiger partial charge in [-0.25, -0.2) is 0 Å². The largest absolute Gasteiger partial charge is 0.367 e. The van der Waals surface area contributed by atoms with Crippen molar-refractivity contribution in [1.82, 2.24) is 10.2 Å². The molecule has 1 saturated carbocycles. The Morgan fingerprint density at radius 3 is 2.68 bits per heavy atom. The molecule has 0 aromatic heterocycles. The molecule has 5 heteroatoms. The van der Waals surface area contributed by atoms with E-state index in [1.54, 1.807) is 0 Å². The lowest BCUT2D eigenvalue weighted by Crippen LogP contribution is -2.56. The molecular formula is C23H41N3OS. The predicted molar refractivity (Wildman–Crippen MR) is 122 cm³/mol. The fourth-order valence-corrected chi connectivity index (χ4v) is 4.62. The van der Waals surface area contributed by atoms with Crippen molar-refractivity contribution in [3.05, 3.63) is 12.2 Å². The molecule has 2 fully saturated rings. The molecule has 2 rings (SSSR count). The van der Waals surface area contributed by atoms with E-state index in [0.29, 0.717) is 11.0 Å². The van der Waals surface area contributed by atoms with Gasteiger partial charge in [0.25, 0.3) is 0 Å². The highest BCUT2D eigenvalue weighted by Crippen LogP contribution is 2.38. The van der Waals surface area contributed by atoms with Gasteiger partial charge in [0.1, 0.15) is 6.04 Å². The minimum absolute atomic E-state index is 0.169. The molecule has 160 valence electrons. The van der Waals surface area contributed by atoms with Crippen LogP contribution in [0.3, 0.4) is 0 Å². The lowest BCUT2D eigenvalue weighted by Gasteiger charge is -2.36. The van der Waals surface area contributed by atoms with Gasteiger partial charge < -0.3 is 16.0 Å². The van der Waals surface area contributed by atoms with Crippen molar-refractivity contribution >= 4 is 23.1 Å². The number of unbranched alkanes of at least 4 members (excludes halogenated alkanes) is 1. The molecule has 4 nitrogen and oxygen atoms in total. The third-order valence-electron chi connectivity index (χ3n) is 6.32. The Labute approximate surface area is 177 Å². The smallest absolute Gasteiger partial charge is 0.245 e. The fourth-order valence-electron chi connectivity index (χ4n) is 4.51. The number of nitrogens with one attached hydrogen (secondary N) is 1. The van der Waals surface area contributed by atoms with Crippen molar-refractivity contribution in [3.63, 3.8) is 0 Å². The highest BCUT2D eigenvalue weighted by atomic mass is 32.1. The Morgan fingerprint density at radius 1 is 1.36 bits per heavy atom. The molecule has 2 aliphatic rings. The summed E-state index contributed by atoms with van der Waals surface area (Å²) < 4.78 is 0. The SMILES string of the molecule is CCCCC1CC(/C=C/CC2CCCN2C(=O)[C@@H](NC(=S)CN)C(C)(C)C)C1. The Morgan fingerprint density at radius 2 is 2.07 bits per heavy atom. The van der Waals surface area contributed by atoms with Gasteiger partial charge in [0.05, 0.1) is 4.99 Å². The second-order valence-corrected chi connectivity index (χ2v) is 10.3. The lowest BCUT2D eigenvalue weighted by molar-refractivity contribution is -0.136. The highest BCUT2D eigenvalue weighted by Gasteiger charge is 2.38. The van der Waals surface area contributed by atoms with E-state index in [1.807, 2.05) is 0 Å². The first kappa shape index (κ1) is 23.3. The molecule has 1 amide bonds. The van der Waals surface area contributed by atoms with E-state index >= 15 is 0 Å². The number of likely N-dealkylation sites (tertiary alicyclic amines) is 1. The monoisotopic (exact) mass is 407 g/mol. The van der Waals surface area contributed by atoms with E-state index in [9.17, 15) is 4.79 Å². The van der Waals surface area contributed by atoms with Crippen molar-refractivity contribution in [3.8, 4) is 0 Å². The molecule has 28 heavy (non-hydrogen) atoms. The van der Waals surface area contributed by atoms with Crippen molar-refractivity contribution in [2.24, 2.45) is 23.0 Å². The van der Waals surface area contributed by atoms with Crippen LogP contribution < -0.4 is 11.1 Å². The maximum Gasteiger partial charge on any atom is 0.245 e. The van der Waals surface area contributed by atoms with Gasteiger partial charge in [-0.2, -0.15) is 0 Å². The normalized spacial score (nSPS) is 26.3. The van der Waals surface area contributed by atoms with Crippen LogP contribution in [0, 0.1) is 17.3 Å². The van der Waals surface area contributed by atoms with Crippen LogP contribution in [0.2, 0.25) is 0 Å². The third-order valence-corrected chi connectivity index (χ3v) is 6.60. The summed E-state index contributed by atoms with van der Waals surface area (Å²) in [6.07, 6.45) is 14.7. The summed E-state index contributed by atoms with van der Waals surface area (Å²) >= 11 is 5.26. The van der Waals surface area contributed by atoms with Crippen molar-refractivity contribution in [2.45, 2.75) is 91.1 Å². The summed E-state index contributed by atoms with van der Waals surface area (Å²) in [5.41, 5.74) is 5.45. The number of hydrogen-bond donors (Lipinski definition) is 2. The number of rotatable bonds is 9. The first-order valence-electron chi connectivity index (χ1n) is 11.2. The van der Waals surface area contributed by atoms with Crippen LogP contribution in [-0.4, -0.2) is 41.0 Å². The standard InChI is InChI=1S/C23H41N3OS/c1-5-6-9-17-14-18(15-17)10-7-11-19-12-8-13-26(19)22(27)21(23(2,3)4)25-20(28)16-24/h7,10,17-19,21H,5-6,8-9,11-16,24H2,1-4H3,(H,25,28)/b10-7+/t17?,18?,19?,21-/m1/s1. The minimum atomic E-state index is -0.320. The number of carbonyl (C=O) groups excluding carboxylic acids is 1. The first-order chi connectivity index (χ1) is 13.3. The summed E-state index contributed by atoms with van der Waals surface area (Å²) in [7, 11) is 0. The van der Waals surface area contributed by atoms with E-state index in [1.165, 1.54) is 32.1 Å². The second-order valence-electron chi connectivity index (χ2n) is 9.80. The number of nitrogens with zero attached hydrogens (tertiary/aromatic N) is 1. The maximum absolute atomic E-state index is 13.3. The Hall–Kier alpha value is -0.940. The van der Waals surface area contributed by atoms with Crippen LogP contribution in [0.25, 0.3) is 0 Å². The zero-order valence-electron chi connectivity index (χ0n) is 18.4. The Bertz CT molecular complexity index is 549. The summed E-state index contributed by atoms with van der Waals surface area (Å²) in [5.74, 6) is 1.88. The second kappa shape index (κ2) is 10.7. The predicted octanol–water partition coefficient (Wildman–Crippen LogP) is 4.43. The fraction of sp³-hybridized carbons (Fsp3) is 0.826. The van der Waals surface area contributed by atoms with Gasteiger partial charge in [-0.1, -0.05) is 71.3 Å². The summed E-state index contributed by atoms with van der Waals surface area (Å²) in [6.45, 7) is 9.65. The third kappa shape index (κ3) is 6.55. The molecule has 0 aromatic rings. The highest BCUT2D eigenvalue weighted by molar-refractivity contribution is 7.80.